The van der Waals surface area contributed by atoms with Gasteiger partial charge in [-0.05, 0) is 49.4 Å². The summed E-state index contributed by atoms with van der Waals surface area (Å²) in [5.74, 6) is -0.271. The van der Waals surface area contributed by atoms with Crippen LogP contribution in [-0.2, 0) is 11.3 Å². The first-order valence-electron chi connectivity index (χ1n) is 11.1. The van der Waals surface area contributed by atoms with E-state index in [1.54, 1.807) is 29.4 Å². The van der Waals surface area contributed by atoms with E-state index in [1.807, 2.05) is 0 Å². The molecule has 1 aliphatic heterocycles. The largest absolute Gasteiger partial charge is 0.353 e. The van der Waals surface area contributed by atoms with Crippen LogP contribution in [0.15, 0.2) is 48.8 Å². The Kier molecular flexibility index (Phi) is 6.63. The quantitative estimate of drug-likeness (QED) is 0.677. The van der Waals surface area contributed by atoms with Gasteiger partial charge in [0.1, 0.15) is 6.04 Å². The predicted molar refractivity (Wildman–Crippen MR) is 119 cm³/mol. The van der Waals surface area contributed by atoms with Crippen molar-refractivity contribution in [1.82, 2.24) is 20.1 Å². The van der Waals surface area contributed by atoms with Crippen molar-refractivity contribution in [2.75, 3.05) is 19.6 Å². The fourth-order valence-electron chi connectivity index (χ4n) is 4.44. The Morgan fingerprint density at radius 2 is 2.00 bits per heavy atom. The van der Waals surface area contributed by atoms with Gasteiger partial charge in [0.05, 0.1) is 5.56 Å². The number of nitrogens with zero attached hydrogens (tertiary/aromatic N) is 3. The van der Waals surface area contributed by atoms with Gasteiger partial charge >= 0.3 is 0 Å². The van der Waals surface area contributed by atoms with E-state index in [2.05, 4.69) is 46.4 Å². The van der Waals surface area contributed by atoms with Crippen molar-refractivity contribution in [2.45, 2.75) is 50.9 Å². The van der Waals surface area contributed by atoms with Gasteiger partial charge < -0.3 is 16.0 Å². The van der Waals surface area contributed by atoms with Gasteiger partial charge in [-0.1, -0.05) is 24.3 Å². The summed E-state index contributed by atoms with van der Waals surface area (Å²) in [6.07, 6.45) is 6.18. The predicted octanol–water partition coefficient (Wildman–Crippen LogP) is 1.71. The number of pyridine rings is 1. The maximum Gasteiger partial charge on any atom is 0.256 e. The molecule has 1 saturated heterocycles. The van der Waals surface area contributed by atoms with Crippen LogP contribution in [0.3, 0.4) is 0 Å². The number of hydrogen-bond donors (Lipinski definition) is 2. The molecule has 31 heavy (non-hydrogen) atoms. The average molecular weight is 422 g/mol. The molecule has 2 unspecified atom stereocenters. The summed E-state index contributed by atoms with van der Waals surface area (Å²) in [4.78, 5) is 34.5. The highest BCUT2D eigenvalue weighted by atomic mass is 16.2. The Labute approximate surface area is 183 Å². The number of aromatic nitrogens is 1. The lowest BCUT2D eigenvalue weighted by Crippen LogP contribution is -2.47. The van der Waals surface area contributed by atoms with Crippen LogP contribution in [0.1, 0.15) is 40.7 Å². The van der Waals surface area contributed by atoms with E-state index in [9.17, 15) is 9.59 Å². The van der Waals surface area contributed by atoms with Crippen molar-refractivity contribution in [3.63, 3.8) is 0 Å². The number of nitrogens with one attached hydrogen (secondary N) is 1. The summed E-state index contributed by atoms with van der Waals surface area (Å²) in [7, 11) is 0. The molecular weight excluding hydrogens is 390 g/mol. The molecule has 0 radical (unpaired) electrons. The maximum absolute atomic E-state index is 13.3. The van der Waals surface area contributed by atoms with Crippen LogP contribution in [0.4, 0.5) is 0 Å². The minimum atomic E-state index is -0.498. The first-order valence-corrected chi connectivity index (χ1v) is 11.1. The molecule has 4 rings (SSSR count). The number of carbonyl (C=O) groups is 2. The van der Waals surface area contributed by atoms with Crippen molar-refractivity contribution >= 4 is 11.8 Å². The lowest BCUT2D eigenvalue weighted by atomic mass is 10.1. The molecule has 1 aliphatic carbocycles. The van der Waals surface area contributed by atoms with E-state index in [0.717, 1.165) is 6.54 Å². The Morgan fingerprint density at radius 1 is 1.19 bits per heavy atom. The van der Waals surface area contributed by atoms with Gasteiger partial charge in [0.15, 0.2) is 0 Å². The standard InChI is InChI=1S/C24H31N5O2/c1-17-5-2-3-6-19(17)15-28(20-8-9-20)21-13-22(23(30)27-12-10-25)29(16-21)24(31)18-7-4-11-26-14-18/h2-7,11,14,20-22H,8-10,12-13,15-16,25H2,1H3,(H,27,30). The summed E-state index contributed by atoms with van der Waals surface area (Å²) < 4.78 is 0. The van der Waals surface area contributed by atoms with Crippen LogP contribution < -0.4 is 11.1 Å². The van der Waals surface area contributed by atoms with Gasteiger partial charge in [-0.3, -0.25) is 19.5 Å². The monoisotopic (exact) mass is 421 g/mol. The van der Waals surface area contributed by atoms with E-state index >= 15 is 0 Å². The van der Waals surface area contributed by atoms with Crippen LogP contribution in [0.2, 0.25) is 0 Å². The summed E-state index contributed by atoms with van der Waals surface area (Å²) in [5, 5.41) is 2.88. The van der Waals surface area contributed by atoms with Crippen molar-refractivity contribution in [1.29, 1.82) is 0 Å². The van der Waals surface area contributed by atoms with Gasteiger partial charge in [-0.25, -0.2) is 0 Å². The van der Waals surface area contributed by atoms with Crippen LogP contribution in [0, 0.1) is 6.92 Å². The number of rotatable bonds is 8. The fourth-order valence-corrected chi connectivity index (χ4v) is 4.44. The zero-order valence-corrected chi connectivity index (χ0v) is 18.0. The second-order valence-electron chi connectivity index (χ2n) is 8.51. The lowest BCUT2D eigenvalue weighted by Gasteiger charge is -2.29. The third-order valence-corrected chi connectivity index (χ3v) is 6.29. The maximum atomic E-state index is 13.3. The van der Waals surface area contributed by atoms with Crippen molar-refractivity contribution in [2.24, 2.45) is 5.73 Å². The Balaban J connectivity index is 1.57. The molecule has 0 bridgehead atoms. The van der Waals surface area contributed by atoms with Crippen molar-refractivity contribution in [3.05, 3.63) is 65.5 Å². The molecule has 2 heterocycles. The molecule has 1 saturated carbocycles. The summed E-state index contributed by atoms with van der Waals surface area (Å²) >= 11 is 0. The number of carbonyl (C=O) groups excluding carboxylic acids is 2. The van der Waals surface area contributed by atoms with Gasteiger partial charge in [-0.2, -0.15) is 0 Å². The normalized spacial score (nSPS) is 20.8. The molecular formula is C24H31N5O2. The van der Waals surface area contributed by atoms with E-state index in [0.29, 0.717) is 37.7 Å². The van der Waals surface area contributed by atoms with E-state index in [4.69, 9.17) is 5.73 Å². The Morgan fingerprint density at radius 3 is 2.68 bits per heavy atom. The SMILES string of the molecule is Cc1ccccc1CN(C1CC1)C1CC(C(=O)NCCN)N(C(=O)c2cccnc2)C1. The van der Waals surface area contributed by atoms with Gasteiger partial charge in [0.25, 0.3) is 5.91 Å². The van der Waals surface area contributed by atoms with Crippen molar-refractivity contribution in [3.8, 4) is 0 Å². The first-order chi connectivity index (χ1) is 15.1. The minimum Gasteiger partial charge on any atom is -0.353 e. The summed E-state index contributed by atoms with van der Waals surface area (Å²) in [6.45, 7) is 4.30. The van der Waals surface area contributed by atoms with E-state index in [-0.39, 0.29) is 17.9 Å². The van der Waals surface area contributed by atoms with Gasteiger partial charge in [0, 0.05) is 50.7 Å². The number of amides is 2. The van der Waals surface area contributed by atoms with E-state index in [1.165, 1.54) is 24.0 Å². The minimum absolute atomic E-state index is 0.128. The molecule has 2 atom stereocenters. The Bertz CT molecular complexity index is 915. The van der Waals surface area contributed by atoms with Crippen LogP contribution in [0.5, 0.6) is 0 Å². The number of likely N-dealkylation sites (tertiary alicyclic amines) is 1. The van der Waals surface area contributed by atoms with Gasteiger partial charge in [-0.15, -0.1) is 0 Å². The molecule has 3 N–H and O–H groups in total. The molecule has 1 aromatic carbocycles. The average Bonchev–Trinajstić information content (AvgIpc) is 3.54. The highest BCUT2D eigenvalue weighted by Crippen LogP contribution is 2.35. The van der Waals surface area contributed by atoms with Crippen LogP contribution in [0.25, 0.3) is 0 Å². The number of benzene rings is 1. The Hall–Kier alpha value is -2.77. The lowest BCUT2D eigenvalue weighted by molar-refractivity contribution is -0.124. The molecule has 7 heteroatoms. The number of hydrogen-bond acceptors (Lipinski definition) is 5. The third kappa shape index (κ3) is 4.94. The second kappa shape index (κ2) is 9.58. The molecule has 2 amide bonds. The topological polar surface area (TPSA) is 91.6 Å². The second-order valence-corrected chi connectivity index (χ2v) is 8.51. The van der Waals surface area contributed by atoms with Gasteiger partial charge in [0.2, 0.25) is 5.91 Å². The third-order valence-electron chi connectivity index (χ3n) is 6.29. The smallest absolute Gasteiger partial charge is 0.256 e. The van der Waals surface area contributed by atoms with Crippen LogP contribution >= 0.6 is 0 Å². The molecule has 0 spiro atoms. The van der Waals surface area contributed by atoms with Crippen molar-refractivity contribution < 1.29 is 9.59 Å². The van der Waals surface area contributed by atoms with Crippen LogP contribution in [-0.4, -0.2) is 64.4 Å². The highest BCUT2D eigenvalue weighted by Gasteiger charge is 2.45. The summed E-state index contributed by atoms with van der Waals surface area (Å²) in [6, 6.07) is 12.1. The molecule has 164 valence electrons. The molecule has 1 aromatic heterocycles. The molecule has 7 nitrogen and oxygen atoms in total. The molecule has 2 fully saturated rings. The fraction of sp³-hybridized carbons (Fsp3) is 0.458. The number of aryl methyl sites for hydroxylation is 1. The zero-order chi connectivity index (χ0) is 21.8. The molecule has 2 aromatic rings. The zero-order valence-electron chi connectivity index (χ0n) is 18.0. The first kappa shape index (κ1) is 21.5. The number of nitrogens with two attached hydrogens (primary N) is 1. The summed E-state index contributed by atoms with van der Waals surface area (Å²) in [5.41, 5.74) is 8.66. The molecule has 2 aliphatic rings. The van der Waals surface area contributed by atoms with E-state index < -0.39 is 6.04 Å². The highest BCUT2D eigenvalue weighted by molar-refractivity contribution is 5.97.